The van der Waals surface area contributed by atoms with E-state index in [4.69, 9.17) is 10.5 Å². The third-order valence-electron chi connectivity index (χ3n) is 2.65. The van der Waals surface area contributed by atoms with E-state index in [2.05, 4.69) is 0 Å². The summed E-state index contributed by atoms with van der Waals surface area (Å²) in [4.78, 5) is 24.6. The number of rotatable bonds is 2. The van der Waals surface area contributed by atoms with Crippen LogP contribution in [0.4, 0.5) is 0 Å². The fraction of sp³-hybridized carbons (Fsp3) is 0.800. The van der Waals surface area contributed by atoms with Gasteiger partial charge in [0.1, 0.15) is 6.04 Å². The van der Waals surface area contributed by atoms with Gasteiger partial charge in [0.2, 0.25) is 5.91 Å². The number of amides is 1. The molecular formula is C10H18N2O3S. The van der Waals surface area contributed by atoms with Crippen molar-refractivity contribution in [2.45, 2.75) is 31.2 Å². The molecule has 0 aromatic carbocycles. The number of methoxy groups -OCH3 is 1. The van der Waals surface area contributed by atoms with Crippen LogP contribution in [0.1, 0.15) is 20.3 Å². The van der Waals surface area contributed by atoms with Crippen LogP contribution in [0.25, 0.3) is 0 Å². The molecule has 0 saturated carbocycles. The maximum Gasteiger partial charge on any atom is 0.328 e. The smallest absolute Gasteiger partial charge is 0.328 e. The third-order valence-corrected chi connectivity index (χ3v) is 4.00. The Balaban J connectivity index is 2.97. The van der Waals surface area contributed by atoms with Gasteiger partial charge in [-0.1, -0.05) is 0 Å². The first-order valence-electron chi connectivity index (χ1n) is 5.18. The average molecular weight is 246 g/mol. The fourth-order valence-electron chi connectivity index (χ4n) is 1.93. The van der Waals surface area contributed by atoms with Crippen molar-refractivity contribution in [3.63, 3.8) is 0 Å². The first-order chi connectivity index (χ1) is 7.44. The topological polar surface area (TPSA) is 72.6 Å². The Morgan fingerprint density at radius 3 is 2.69 bits per heavy atom. The molecule has 0 radical (unpaired) electrons. The van der Waals surface area contributed by atoms with E-state index >= 15 is 0 Å². The Morgan fingerprint density at radius 2 is 2.19 bits per heavy atom. The SMILES string of the molecule is COC(=O)C1CCSC(C)(C)N1C(=O)CN. The molecule has 2 N–H and O–H groups in total. The predicted molar refractivity (Wildman–Crippen MR) is 62.9 cm³/mol. The van der Waals surface area contributed by atoms with E-state index in [9.17, 15) is 9.59 Å². The zero-order valence-corrected chi connectivity index (χ0v) is 10.7. The zero-order chi connectivity index (χ0) is 12.3. The molecule has 0 spiro atoms. The van der Waals surface area contributed by atoms with E-state index in [-0.39, 0.29) is 18.4 Å². The third kappa shape index (κ3) is 2.49. The van der Waals surface area contributed by atoms with Gasteiger partial charge in [0.25, 0.3) is 0 Å². The lowest BCUT2D eigenvalue weighted by Gasteiger charge is -2.45. The molecule has 1 atom stereocenters. The van der Waals surface area contributed by atoms with Crippen LogP contribution >= 0.6 is 11.8 Å². The Hall–Kier alpha value is -0.750. The van der Waals surface area contributed by atoms with Gasteiger partial charge >= 0.3 is 5.97 Å². The first-order valence-corrected chi connectivity index (χ1v) is 6.16. The van der Waals surface area contributed by atoms with Gasteiger partial charge in [0, 0.05) is 0 Å². The van der Waals surface area contributed by atoms with Crippen molar-refractivity contribution in [2.24, 2.45) is 5.73 Å². The van der Waals surface area contributed by atoms with Crippen molar-refractivity contribution in [1.82, 2.24) is 4.90 Å². The molecule has 5 nitrogen and oxygen atoms in total. The number of ether oxygens (including phenoxy) is 1. The number of hydrogen-bond acceptors (Lipinski definition) is 5. The molecule has 1 fully saturated rings. The van der Waals surface area contributed by atoms with Gasteiger partial charge in [-0.25, -0.2) is 4.79 Å². The van der Waals surface area contributed by atoms with Gasteiger partial charge in [0.05, 0.1) is 18.5 Å². The highest BCUT2D eigenvalue weighted by molar-refractivity contribution is 8.00. The molecule has 1 rings (SSSR count). The van der Waals surface area contributed by atoms with Crippen LogP contribution < -0.4 is 5.73 Å². The number of carbonyl (C=O) groups excluding carboxylic acids is 2. The van der Waals surface area contributed by atoms with Gasteiger partial charge in [-0.2, -0.15) is 0 Å². The standard InChI is InChI=1S/C10H18N2O3S/c1-10(2)12(8(13)6-11)7(4-5-16-10)9(14)15-3/h7H,4-6,11H2,1-3H3. The minimum atomic E-state index is -0.503. The summed E-state index contributed by atoms with van der Waals surface area (Å²) in [5, 5.41) is 0. The molecule has 0 aromatic heterocycles. The van der Waals surface area contributed by atoms with Crippen molar-refractivity contribution >= 4 is 23.6 Å². The number of hydrogen-bond donors (Lipinski definition) is 1. The van der Waals surface area contributed by atoms with E-state index in [0.29, 0.717) is 6.42 Å². The van der Waals surface area contributed by atoms with Gasteiger partial charge < -0.3 is 15.4 Å². The summed E-state index contributed by atoms with van der Waals surface area (Å²) < 4.78 is 4.73. The lowest BCUT2D eigenvalue weighted by Crippen LogP contribution is -2.59. The van der Waals surface area contributed by atoms with Crippen LogP contribution in [0.15, 0.2) is 0 Å². The van der Waals surface area contributed by atoms with E-state index in [1.807, 2.05) is 13.8 Å². The highest BCUT2D eigenvalue weighted by Crippen LogP contribution is 2.37. The summed E-state index contributed by atoms with van der Waals surface area (Å²) in [5.41, 5.74) is 5.38. The Kier molecular flexibility index (Phi) is 4.21. The number of nitrogens with two attached hydrogens (primary N) is 1. The minimum Gasteiger partial charge on any atom is -0.467 e. The van der Waals surface area contributed by atoms with Gasteiger partial charge in [-0.15, -0.1) is 11.8 Å². The molecule has 0 aromatic rings. The summed E-state index contributed by atoms with van der Waals surface area (Å²) >= 11 is 1.65. The van der Waals surface area contributed by atoms with E-state index < -0.39 is 10.9 Å². The van der Waals surface area contributed by atoms with E-state index in [0.717, 1.165) is 5.75 Å². The Morgan fingerprint density at radius 1 is 1.56 bits per heavy atom. The summed E-state index contributed by atoms with van der Waals surface area (Å²) in [6, 6.07) is -0.503. The molecule has 1 amide bonds. The summed E-state index contributed by atoms with van der Waals surface area (Å²) in [7, 11) is 1.34. The molecule has 1 heterocycles. The number of esters is 1. The van der Waals surface area contributed by atoms with Crippen LogP contribution in [0.3, 0.4) is 0 Å². The maximum atomic E-state index is 11.8. The molecule has 92 valence electrons. The summed E-state index contributed by atoms with van der Waals surface area (Å²) in [6.45, 7) is 3.75. The molecule has 1 saturated heterocycles. The lowest BCUT2D eigenvalue weighted by atomic mass is 10.1. The molecule has 6 heteroatoms. The monoisotopic (exact) mass is 246 g/mol. The van der Waals surface area contributed by atoms with Crippen molar-refractivity contribution in [3.05, 3.63) is 0 Å². The molecule has 0 bridgehead atoms. The quantitative estimate of drug-likeness (QED) is 0.704. The lowest BCUT2D eigenvalue weighted by molar-refractivity contribution is -0.155. The second kappa shape index (κ2) is 5.05. The van der Waals surface area contributed by atoms with Crippen LogP contribution in [-0.4, -0.2) is 47.1 Å². The number of thioether (sulfide) groups is 1. The second-order valence-corrected chi connectivity index (χ2v) is 5.79. The van der Waals surface area contributed by atoms with E-state index in [1.165, 1.54) is 7.11 Å². The summed E-state index contributed by atoms with van der Waals surface area (Å²) in [6.07, 6.45) is 0.618. The van der Waals surface area contributed by atoms with Crippen LogP contribution in [0.5, 0.6) is 0 Å². The van der Waals surface area contributed by atoms with Gasteiger partial charge in [-0.05, 0) is 26.0 Å². The van der Waals surface area contributed by atoms with Gasteiger partial charge in [-0.3, -0.25) is 4.79 Å². The van der Waals surface area contributed by atoms with Crippen LogP contribution in [0.2, 0.25) is 0 Å². The van der Waals surface area contributed by atoms with Crippen molar-refractivity contribution < 1.29 is 14.3 Å². The number of nitrogens with zero attached hydrogens (tertiary/aromatic N) is 1. The number of carbonyl (C=O) groups is 2. The van der Waals surface area contributed by atoms with Crippen LogP contribution in [0, 0.1) is 0 Å². The highest BCUT2D eigenvalue weighted by atomic mass is 32.2. The van der Waals surface area contributed by atoms with Crippen molar-refractivity contribution in [1.29, 1.82) is 0 Å². The van der Waals surface area contributed by atoms with Crippen LogP contribution in [-0.2, 0) is 14.3 Å². The second-order valence-electron chi connectivity index (χ2n) is 4.09. The summed E-state index contributed by atoms with van der Waals surface area (Å²) in [5.74, 6) is 0.254. The predicted octanol–water partition coefficient (Wildman–Crippen LogP) is 0.188. The largest absolute Gasteiger partial charge is 0.467 e. The molecule has 1 aliphatic rings. The molecule has 16 heavy (non-hydrogen) atoms. The van der Waals surface area contributed by atoms with Gasteiger partial charge in [0.15, 0.2) is 0 Å². The Labute approximate surface area is 99.7 Å². The average Bonchev–Trinajstić information content (AvgIpc) is 2.25. The molecule has 1 unspecified atom stereocenters. The fourth-order valence-corrected chi connectivity index (χ4v) is 3.13. The first kappa shape index (κ1) is 13.3. The van der Waals surface area contributed by atoms with Crippen molar-refractivity contribution in [3.8, 4) is 0 Å². The normalized spacial score (nSPS) is 24.0. The molecule has 0 aliphatic carbocycles. The zero-order valence-electron chi connectivity index (χ0n) is 9.86. The van der Waals surface area contributed by atoms with E-state index in [1.54, 1.807) is 16.7 Å². The molecular weight excluding hydrogens is 228 g/mol. The molecule has 1 aliphatic heterocycles. The van der Waals surface area contributed by atoms with Crippen molar-refractivity contribution in [2.75, 3.05) is 19.4 Å². The maximum absolute atomic E-state index is 11.8. The minimum absolute atomic E-state index is 0.0858. The highest BCUT2D eigenvalue weighted by Gasteiger charge is 2.43. The Bertz CT molecular complexity index is 294.